The van der Waals surface area contributed by atoms with Crippen molar-refractivity contribution in [1.82, 2.24) is 10.2 Å². The van der Waals surface area contributed by atoms with Crippen molar-refractivity contribution in [3.05, 3.63) is 81.8 Å². The SMILES string of the molecule is CCCNC(=O)C(C)N(Cc1cccc(Br)c1)C(=O)CN(c1cc(C)cc(C)c1)S(=O)(=O)c1ccc(OC)c(OC)c1. The highest BCUT2D eigenvalue weighted by atomic mass is 79.9. The van der Waals surface area contributed by atoms with Crippen LogP contribution in [0.3, 0.4) is 0 Å². The maximum atomic E-state index is 14.2. The summed E-state index contributed by atoms with van der Waals surface area (Å²) in [6.07, 6.45) is 0.738. The van der Waals surface area contributed by atoms with E-state index in [1.165, 1.54) is 37.3 Å². The second-order valence-corrected chi connectivity index (χ2v) is 12.8. The van der Waals surface area contributed by atoms with Gasteiger partial charge in [-0.05, 0) is 80.3 Å². The molecule has 226 valence electrons. The molecule has 0 spiro atoms. The lowest BCUT2D eigenvalue weighted by Gasteiger charge is -2.32. The molecule has 0 saturated carbocycles. The van der Waals surface area contributed by atoms with E-state index in [0.29, 0.717) is 18.0 Å². The Balaban J connectivity index is 2.10. The van der Waals surface area contributed by atoms with Crippen molar-refractivity contribution in [3.8, 4) is 11.5 Å². The summed E-state index contributed by atoms with van der Waals surface area (Å²) >= 11 is 3.46. The number of ether oxygens (including phenoxy) is 2. The molecule has 0 bridgehead atoms. The fourth-order valence-electron chi connectivity index (χ4n) is 4.54. The Labute approximate surface area is 257 Å². The van der Waals surface area contributed by atoms with Gasteiger partial charge in [-0.15, -0.1) is 0 Å². The first-order valence-electron chi connectivity index (χ1n) is 13.6. The Bertz CT molecular complexity index is 1510. The van der Waals surface area contributed by atoms with E-state index in [1.807, 2.05) is 51.1 Å². The van der Waals surface area contributed by atoms with Gasteiger partial charge in [-0.1, -0.05) is 41.1 Å². The average molecular weight is 661 g/mol. The quantitative estimate of drug-likeness (QED) is 0.270. The van der Waals surface area contributed by atoms with Crippen LogP contribution in [0.5, 0.6) is 11.5 Å². The molecule has 0 aromatic heterocycles. The summed E-state index contributed by atoms with van der Waals surface area (Å²) in [5.74, 6) is -0.237. The maximum Gasteiger partial charge on any atom is 0.264 e. The fraction of sp³-hybridized carbons (Fsp3) is 0.355. The van der Waals surface area contributed by atoms with Crippen molar-refractivity contribution in [2.75, 3.05) is 31.6 Å². The number of amides is 2. The van der Waals surface area contributed by atoms with Gasteiger partial charge in [-0.2, -0.15) is 0 Å². The highest BCUT2D eigenvalue weighted by Crippen LogP contribution is 2.33. The van der Waals surface area contributed by atoms with Gasteiger partial charge < -0.3 is 19.7 Å². The van der Waals surface area contributed by atoms with Gasteiger partial charge in [0.15, 0.2) is 11.5 Å². The lowest BCUT2D eigenvalue weighted by molar-refractivity contribution is -0.139. The molecule has 0 heterocycles. The summed E-state index contributed by atoms with van der Waals surface area (Å²) in [5, 5.41) is 2.84. The molecule has 0 aliphatic carbocycles. The molecule has 2 amide bonds. The molecule has 0 radical (unpaired) electrons. The van der Waals surface area contributed by atoms with Gasteiger partial charge in [0.2, 0.25) is 11.8 Å². The number of hydrogen-bond donors (Lipinski definition) is 1. The van der Waals surface area contributed by atoms with E-state index in [2.05, 4.69) is 21.2 Å². The van der Waals surface area contributed by atoms with Crippen LogP contribution in [0.4, 0.5) is 5.69 Å². The van der Waals surface area contributed by atoms with Crippen LogP contribution in [0, 0.1) is 13.8 Å². The van der Waals surface area contributed by atoms with Gasteiger partial charge in [0.05, 0.1) is 24.8 Å². The molecule has 42 heavy (non-hydrogen) atoms. The minimum absolute atomic E-state index is 0.0700. The summed E-state index contributed by atoms with van der Waals surface area (Å²) < 4.78 is 40.9. The highest BCUT2D eigenvalue weighted by molar-refractivity contribution is 9.10. The summed E-state index contributed by atoms with van der Waals surface area (Å²) in [4.78, 5) is 28.5. The molecular weight excluding hydrogens is 622 g/mol. The van der Waals surface area contributed by atoms with Gasteiger partial charge in [0, 0.05) is 23.6 Å². The van der Waals surface area contributed by atoms with Crippen LogP contribution in [0.25, 0.3) is 0 Å². The van der Waals surface area contributed by atoms with E-state index in [0.717, 1.165) is 31.9 Å². The van der Waals surface area contributed by atoms with E-state index in [-0.39, 0.29) is 23.1 Å². The van der Waals surface area contributed by atoms with Crippen LogP contribution < -0.4 is 19.1 Å². The van der Waals surface area contributed by atoms with Gasteiger partial charge in [-0.25, -0.2) is 8.42 Å². The molecule has 0 fully saturated rings. The molecule has 3 aromatic carbocycles. The number of rotatable bonds is 13. The van der Waals surface area contributed by atoms with E-state index in [9.17, 15) is 18.0 Å². The van der Waals surface area contributed by atoms with Crippen LogP contribution in [0.1, 0.15) is 37.0 Å². The first-order chi connectivity index (χ1) is 19.9. The number of carbonyl (C=O) groups is 2. The molecule has 0 aliphatic heterocycles. The minimum Gasteiger partial charge on any atom is -0.493 e. The Morgan fingerprint density at radius 3 is 2.21 bits per heavy atom. The monoisotopic (exact) mass is 659 g/mol. The number of methoxy groups -OCH3 is 2. The molecule has 3 rings (SSSR count). The summed E-state index contributed by atoms with van der Waals surface area (Å²) in [7, 11) is -1.39. The molecular formula is C31H38BrN3O6S. The van der Waals surface area contributed by atoms with Gasteiger partial charge in [0.25, 0.3) is 10.0 Å². The second-order valence-electron chi connectivity index (χ2n) is 9.99. The Morgan fingerprint density at radius 1 is 0.952 bits per heavy atom. The van der Waals surface area contributed by atoms with Crippen LogP contribution in [0.15, 0.2) is 70.0 Å². The zero-order valence-corrected chi connectivity index (χ0v) is 27.2. The standard InChI is InChI=1S/C31H38BrN3O6S/c1-7-13-33-31(37)23(4)34(19-24-9-8-10-25(32)17-24)30(36)20-35(26-15-21(2)14-22(3)16-26)42(38,39)27-11-12-28(40-5)29(18-27)41-6/h8-12,14-18,23H,7,13,19-20H2,1-6H3,(H,33,37). The Morgan fingerprint density at radius 2 is 1.62 bits per heavy atom. The Kier molecular flexibility index (Phi) is 11.4. The fourth-order valence-corrected chi connectivity index (χ4v) is 6.40. The van der Waals surface area contributed by atoms with E-state index in [1.54, 1.807) is 19.1 Å². The lowest BCUT2D eigenvalue weighted by Crippen LogP contribution is -2.51. The maximum absolute atomic E-state index is 14.2. The van der Waals surface area contributed by atoms with Crippen LogP contribution in [-0.2, 0) is 26.2 Å². The smallest absolute Gasteiger partial charge is 0.264 e. The number of carbonyl (C=O) groups excluding carboxylic acids is 2. The number of sulfonamides is 1. The van der Waals surface area contributed by atoms with E-state index in [4.69, 9.17) is 9.47 Å². The third-order valence-corrected chi connectivity index (χ3v) is 8.94. The third-order valence-electron chi connectivity index (χ3n) is 6.67. The second kappa shape index (κ2) is 14.6. The lowest BCUT2D eigenvalue weighted by atomic mass is 10.1. The molecule has 1 unspecified atom stereocenters. The normalized spacial score (nSPS) is 11.9. The number of halogens is 1. The van der Waals surface area contributed by atoms with Crippen molar-refractivity contribution in [2.24, 2.45) is 0 Å². The van der Waals surface area contributed by atoms with Gasteiger partial charge >= 0.3 is 0 Å². The topological polar surface area (TPSA) is 105 Å². The number of nitrogens with zero attached hydrogens (tertiary/aromatic N) is 2. The molecule has 0 saturated heterocycles. The summed E-state index contributed by atoms with van der Waals surface area (Å²) in [6, 6.07) is 16.2. The Hall–Kier alpha value is -3.57. The molecule has 1 atom stereocenters. The first kappa shape index (κ1) is 32.9. The van der Waals surface area contributed by atoms with Crippen LogP contribution in [0.2, 0.25) is 0 Å². The highest BCUT2D eigenvalue weighted by Gasteiger charge is 2.33. The largest absolute Gasteiger partial charge is 0.493 e. The average Bonchev–Trinajstić information content (AvgIpc) is 2.95. The van der Waals surface area contributed by atoms with Crippen molar-refractivity contribution in [1.29, 1.82) is 0 Å². The van der Waals surface area contributed by atoms with E-state index >= 15 is 0 Å². The van der Waals surface area contributed by atoms with Crippen LogP contribution in [-0.4, -0.2) is 58.5 Å². The van der Waals surface area contributed by atoms with Crippen molar-refractivity contribution < 1.29 is 27.5 Å². The van der Waals surface area contributed by atoms with Crippen molar-refractivity contribution >= 4 is 43.5 Å². The van der Waals surface area contributed by atoms with Crippen molar-refractivity contribution in [3.63, 3.8) is 0 Å². The van der Waals surface area contributed by atoms with Crippen molar-refractivity contribution in [2.45, 2.75) is 51.6 Å². The minimum atomic E-state index is -4.27. The van der Waals surface area contributed by atoms with Crippen LogP contribution >= 0.6 is 15.9 Å². The van der Waals surface area contributed by atoms with Gasteiger partial charge in [-0.3, -0.25) is 13.9 Å². The van der Waals surface area contributed by atoms with Gasteiger partial charge in [0.1, 0.15) is 12.6 Å². The zero-order valence-electron chi connectivity index (χ0n) is 24.8. The number of benzene rings is 3. The van der Waals surface area contributed by atoms with E-state index < -0.39 is 28.5 Å². The number of hydrogen-bond acceptors (Lipinski definition) is 6. The molecule has 11 heteroatoms. The summed E-state index contributed by atoms with van der Waals surface area (Å²) in [6.45, 7) is 7.35. The molecule has 9 nitrogen and oxygen atoms in total. The molecule has 0 aliphatic rings. The first-order valence-corrected chi connectivity index (χ1v) is 15.8. The predicted octanol–water partition coefficient (Wildman–Crippen LogP) is 5.22. The molecule has 3 aromatic rings. The number of anilines is 1. The predicted molar refractivity (Wildman–Crippen MR) is 167 cm³/mol. The zero-order chi connectivity index (χ0) is 31.0. The number of aryl methyl sites for hydroxylation is 2. The third kappa shape index (κ3) is 8.04. The number of nitrogens with one attached hydrogen (secondary N) is 1. The summed E-state index contributed by atoms with van der Waals surface area (Å²) in [5.41, 5.74) is 2.79. The molecule has 1 N–H and O–H groups in total.